The number of sulfonamides is 1. The van der Waals surface area contributed by atoms with Crippen molar-refractivity contribution in [3.8, 4) is 11.5 Å². The van der Waals surface area contributed by atoms with E-state index in [-0.39, 0.29) is 21.5 Å². The van der Waals surface area contributed by atoms with Crippen LogP contribution in [-0.4, -0.2) is 62.3 Å². The van der Waals surface area contributed by atoms with Crippen LogP contribution in [0.1, 0.15) is 37.1 Å². The molecule has 0 aliphatic carbocycles. The lowest BCUT2D eigenvalue weighted by Gasteiger charge is -2.25. The number of nitrogens with zero attached hydrogens (tertiary/aromatic N) is 1. The van der Waals surface area contributed by atoms with Gasteiger partial charge in [0, 0.05) is 34.8 Å². The van der Waals surface area contributed by atoms with Gasteiger partial charge in [0.1, 0.15) is 34.1 Å². The number of benzene rings is 3. The number of pyridine rings is 1. The summed E-state index contributed by atoms with van der Waals surface area (Å²) < 4.78 is 72.2. The SMILES string of the molecule is COc1ccc(CNCCCNC(=O)C(C)(C)NS(=O)(=O)c2ccc(Cl)c(COc3cccc4ccc(C)nc34)c2Cl)cc1.O=C(O)C(F)(F)F. The summed E-state index contributed by atoms with van der Waals surface area (Å²) in [6.07, 6.45) is -4.43. The van der Waals surface area contributed by atoms with Crippen LogP contribution >= 0.6 is 23.2 Å². The molecule has 4 N–H and O–H groups in total. The number of aliphatic carboxylic acids is 1. The minimum absolute atomic E-state index is 0.0893. The van der Waals surface area contributed by atoms with Crippen LogP contribution in [-0.2, 0) is 32.8 Å². The zero-order valence-electron chi connectivity index (χ0n) is 28.0. The molecule has 4 rings (SSSR count). The predicted molar refractivity (Wildman–Crippen MR) is 188 cm³/mol. The van der Waals surface area contributed by atoms with Gasteiger partial charge in [-0.1, -0.05) is 53.5 Å². The molecule has 17 heteroatoms. The van der Waals surface area contributed by atoms with E-state index in [1.165, 1.54) is 26.0 Å². The molecule has 0 bridgehead atoms. The molecule has 0 spiro atoms. The number of carbonyl (C=O) groups excluding carboxylic acids is 1. The third-order valence-electron chi connectivity index (χ3n) is 7.14. The molecule has 0 atom stereocenters. The Labute approximate surface area is 303 Å². The first-order valence-electron chi connectivity index (χ1n) is 15.3. The third kappa shape index (κ3) is 12.0. The molecule has 4 aromatic rings. The largest absolute Gasteiger partial charge is 0.497 e. The number of hydrogen-bond acceptors (Lipinski definition) is 8. The lowest BCUT2D eigenvalue weighted by Crippen LogP contribution is -2.54. The van der Waals surface area contributed by atoms with Crippen molar-refractivity contribution in [2.75, 3.05) is 20.2 Å². The molecular weight excluding hydrogens is 736 g/mol. The van der Waals surface area contributed by atoms with E-state index >= 15 is 0 Å². The molecule has 3 aromatic carbocycles. The molecule has 51 heavy (non-hydrogen) atoms. The second-order valence-corrected chi connectivity index (χ2v) is 14.0. The molecule has 0 saturated heterocycles. The highest BCUT2D eigenvalue weighted by atomic mass is 35.5. The van der Waals surface area contributed by atoms with Crippen LogP contribution in [0.25, 0.3) is 10.9 Å². The fourth-order valence-corrected chi connectivity index (χ4v) is 6.71. The number of carbonyl (C=O) groups is 2. The summed E-state index contributed by atoms with van der Waals surface area (Å²) in [7, 11) is -2.60. The van der Waals surface area contributed by atoms with Crippen molar-refractivity contribution in [2.24, 2.45) is 0 Å². The summed E-state index contributed by atoms with van der Waals surface area (Å²) >= 11 is 13.0. The first kappa shape index (κ1) is 41.3. The van der Waals surface area contributed by atoms with Gasteiger partial charge in [-0.25, -0.2) is 18.2 Å². The van der Waals surface area contributed by atoms with Crippen LogP contribution in [0.3, 0.4) is 0 Å². The van der Waals surface area contributed by atoms with Gasteiger partial charge in [0.15, 0.2) is 0 Å². The minimum atomic E-state index is -5.08. The van der Waals surface area contributed by atoms with Gasteiger partial charge < -0.3 is 25.2 Å². The van der Waals surface area contributed by atoms with E-state index in [2.05, 4.69) is 20.3 Å². The molecule has 0 aliphatic rings. The number of alkyl halides is 3. The van der Waals surface area contributed by atoms with Crippen molar-refractivity contribution >= 4 is 56.0 Å². The normalized spacial score (nSPS) is 11.8. The maximum absolute atomic E-state index is 13.4. The Hall–Kier alpha value is -4.15. The van der Waals surface area contributed by atoms with Crippen molar-refractivity contribution in [1.29, 1.82) is 0 Å². The van der Waals surface area contributed by atoms with Gasteiger partial charge in [0.05, 0.1) is 12.1 Å². The summed E-state index contributed by atoms with van der Waals surface area (Å²) in [6, 6.07) is 19.9. The fraction of sp³-hybridized carbons (Fsp3) is 0.324. The van der Waals surface area contributed by atoms with Crippen molar-refractivity contribution < 1.29 is 45.8 Å². The van der Waals surface area contributed by atoms with Crippen molar-refractivity contribution in [3.63, 3.8) is 0 Å². The van der Waals surface area contributed by atoms with Gasteiger partial charge in [-0.15, -0.1) is 0 Å². The molecule has 0 unspecified atom stereocenters. The average molecular weight is 774 g/mol. The second-order valence-electron chi connectivity index (χ2n) is 11.6. The Morgan fingerprint density at radius 3 is 2.25 bits per heavy atom. The number of para-hydroxylation sites is 1. The topological polar surface area (TPSA) is 156 Å². The smallest absolute Gasteiger partial charge is 0.490 e. The van der Waals surface area contributed by atoms with Gasteiger partial charge in [-0.3, -0.25) is 4.79 Å². The first-order chi connectivity index (χ1) is 23.9. The third-order valence-corrected chi connectivity index (χ3v) is 9.73. The number of carboxylic acids is 1. The summed E-state index contributed by atoms with van der Waals surface area (Å²) in [4.78, 5) is 26.2. The number of carboxylic acid groups (broad SMARTS) is 1. The summed E-state index contributed by atoms with van der Waals surface area (Å²) in [5.74, 6) is -1.92. The number of nitrogens with one attached hydrogen (secondary N) is 3. The maximum atomic E-state index is 13.4. The highest BCUT2D eigenvalue weighted by Gasteiger charge is 2.38. The van der Waals surface area contributed by atoms with Gasteiger partial charge in [0.25, 0.3) is 0 Å². The number of methoxy groups -OCH3 is 1. The van der Waals surface area contributed by atoms with Gasteiger partial charge >= 0.3 is 12.1 Å². The standard InChI is InChI=1S/C32H36Cl2N4O5S.C2HF3O2/c1-21-9-12-23-7-5-8-27(30(23)37-21)43-20-25-26(33)15-16-28(29(25)34)44(40,41)38-32(2,3)31(39)36-18-6-17-35-19-22-10-13-24(42-4)14-11-22;3-2(4,5)1(6)7/h5,7-16,35,38H,6,17-20H2,1-4H3,(H,36,39);(H,6,7). The van der Waals surface area contributed by atoms with Crippen molar-refractivity contribution in [1.82, 2.24) is 20.3 Å². The van der Waals surface area contributed by atoms with Gasteiger partial charge in [-0.05, 0) is 75.7 Å². The lowest BCUT2D eigenvalue weighted by molar-refractivity contribution is -0.192. The molecule has 1 heterocycles. The monoisotopic (exact) mass is 772 g/mol. The van der Waals surface area contributed by atoms with E-state index in [1.807, 2.05) is 55.5 Å². The molecule has 1 amide bonds. The van der Waals surface area contributed by atoms with E-state index in [0.717, 1.165) is 22.4 Å². The minimum Gasteiger partial charge on any atom is -0.497 e. The number of aryl methyl sites for hydroxylation is 1. The molecule has 0 saturated carbocycles. The second kappa shape index (κ2) is 17.9. The number of amides is 1. The van der Waals surface area contributed by atoms with E-state index < -0.39 is 33.6 Å². The van der Waals surface area contributed by atoms with Crippen LogP contribution < -0.4 is 24.8 Å². The van der Waals surface area contributed by atoms with E-state index in [4.69, 9.17) is 42.6 Å². The Morgan fingerprint density at radius 1 is 0.961 bits per heavy atom. The van der Waals surface area contributed by atoms with Gasteiger partial charge in [0.2, 0.25) is 15.9 Å². The number of rotatable bonds is 14. The number of halogens is 5. The van der Waals surface area contributed by atoms with E-state index in [9.17, 15) is 26.4 Å². The predicted octanol–water partition coefficient (Wildman–Crippen LogP) is 6.42. The highest BCUT2D eigenvalue weighted by molar-refractivity contribution is 7.89. The highest BCUT2D eigenvalue weighted by Crippen LogP contribution is 2.33. The molecule has 0 aliphatic heterocycles. The number of aromatic nitrogens is 1. The first-order valence-corrected chi connectivity index (χ1v) is 17.5. The molecule has 0 radical (unpaired) electrons. The summed E-state index contributed by atoms with van der Waals surface area (Å²) in [5, 5.41) is 14.3. The fourth-order valence-electron chi connectivity index (χ4n) is 4.45. The Kier molecular flexibility index (Phi) is 14.5. The molecule has 276 valence electrons. The van der Waals surface area contributed by atoms with E-state index in [1.54, 1.807) is 13.2 Å². The van der Waals surface area contributed by atoms with Crippen molar-refractivity contribution in [3.05, 3.63) is 93.6 Å². The van der Waals surface area contributed by atoms with Crippen LogP contribution in [0.15, 0.2) is 71.6 Å². The Bertz CT molecular complexity index is 1950. The van der Waals surface area contributed by atoms with Gasteiger partial charge in [-0.2, -0.15) is 17.9 Å². The number of fused-ring (bicyclic) bond motifs is 1. The summed E-state index contributed by atoms with van der Waals surface area (Å²) in [5.41, 5.74) is 1.45. The Morgan fingerprint density at radius 2 is 1.63 bits per heavy atom. The van der Waals surface area contributed by atoms with Crippen LogP contribution in [0.4, 0.5) is 13.2 Å². The van der Waals surface area contributed by atoms with Crippen molar-refractivity contribution in [2.45, 2.75) is 57.0 Å². The molecule has 1 aromatic heterocycles. The van der Waals surface area contributed by atoms with Crippen LogP contribution in [0, 0.1) is 6.92 Å². The zero-order valence-corrected chi connectivity index (χ0v) is 30.4. The van der Waals surface area contributed by atoms with Crippen LogP contribution in [0.2, 0.25) is 10.0 Å². The quantitative estimate of drug-likeness (QED) is 0.106. The maximum Gasteiger partial charge on any atom is 0.490 e. The molecule has 11 nitrogen and oxygen atoms in total. The van der Waals surface area contributed by atoms with E-state index in [0.29, 0.717) is 42.9 Å². The molecule has 0 fully saturated rings. The number of ether oxygens (including phenoxy) is 2. The number of hydrogen-bond donors (Lipinski definition) is 4. The summed E-state index contributed by atoms with van der Waals surface area (Å²) in [6.45, 7) is 6.48. The Balaban J connectivity index is 0.000000908. The lowest BCUT2D eigenvalue weighted by atomic mass is 10.1. The average Bonchev–Trinajstić information content (AvgIpc) is 3.05. The zero-order chi connectivity index (χ0) is 38.0. The molecular formula is C34H37Cl2F3N4O7S. The van der Waals surface area contributed by atoms with Crippen LogP contribution in [0.5, 0.6) is 11.5 Å².